The van der Waals surface area contributed by atoms with Crippen LogP contribution in [0.4, 0.5) is 4.79 Å². The van der Waals surface area contributed by atoms with Gasteiger partial charge in [-0.2, -0.15) is 0 Å². The molecule has 28 heavy (non-hydrogen) atoms. The minimum atomic E-state index is -0.513. The summed E-state index contributed by atoms with van der Waals surface area (Å²) in [6.45, 7) is 9.36. The standard InChI is InChI=1S/C21H30N4O3/c1-14-23-17-11-16(8-9-18(17)24(14)5)19(26)25-10-6-7-15(13-25)12-22-20(27)28-21(2,3)4/h8-9,11,15H,6-7,10,12-13H2,1-5H3,(H,22,27). The second kappa shape index (κ2) is 7.81. The summed E-state index contributed by atoms with van der Waals surface area (Å²) < 4.78 is 7.30. The van der Waals surface area contributed by atoms with Crippen LogP contribution in [0, 0.1) is 12.8 Å². The van der Waals surface area contributed by atoms with Gasteiger partial charge >= 0.3 is 6.09 Å². The lowest BCUT2D eigenvalue weighted by atomic mass is 9.97. The monoisotopic (exact) mass is 386 g/mol. The van der Waals surface area contributed by atoms with E-state index in [0.29, 0.717) is 18.7 Å². The number of aromatic nitrogens is 2. The van der Waals surface area contributed by atoms with Gasteiger partial charge in [-0.3, -0.25) is 4.79 Å². The minimum Gasteiger partial charge on any atom is -0.444 e. The van der Waals surface area contributed by atoms with Crippen LogP contribution in [0.15, 0.2) is 18.2 Å². The molecule has 1 aromatic heterocycles. The number of hydrogen-bond donors (Lipinski definition) is 1. The second-order valence-electron chi connectivity index (χ2n) is 8.56. The summed E-state index contributed by atoms with van der Waals surface area (Å²) in [5.74, 6) is 1.17. The Bertz CT molecular complexity index is 882. The maximum absolute atomic E-state index is 13.0. The number of benzene rings is 1. The number of rotatable bonds is 3. The fraction of sp³-hybridized carbons (Fsp3) is 0.571. The Morgan fingerprint density at radius 2 is 2.07 bits per heavy atom. The molecule has 1 saturated heterocycles. The molecule has 1 fully saturated rings. The van der Waals surface area contributed by atoms with E-state index < -0.39 is 11.7 Å². The van der Waals surface area contributed by atoms with E-state index in [2.05, 4.69) is 10.3 Å². The first-order valence-corrected chi connectivity index (χ1v) is 9.83. The Morgan fingerprint density at radius 3 is 2.79 bits per heavy atom. The Balaban J connectivity index is 1.62. The van der Waals surface area contributed by atoms with Crippen LogP contribution in [-0.4, -0.2) is 51.7 Å². The van der Waals surface area contributed by atoms with E-state index in [-0.39, 0.29) is 11.8 Å². The average Bonchev–Trinajstić information content (AvgIpc) is 2.92. The van der Waals surface area contributed by atoms with E-state index >= 15 is 0 Å². The van der Waals surface area contributed by atoms with Crippen LogP contribution >= 0.6 is 0 Å². The Labute approximate surface area is 166 Å². The first-order valence-electron chi connectivity index (χ1n) is 9.83. The summed E-state index contributed by atoms with van der Waals surface area (Å²) in [6, 6.07) is 5.69. The highest BCUT2D eigenvalue weighted by molar-refractivity contribution is 5.97. The maximum Gasteiger partial charge on any atom is 0.407 e. The number of ether oxygens (including phenoxy) is 1. The highest BCUT2D eigenvalue weighted by Gasteiger charge is 2.26. The molecule has 0 spiro atoms. The summed E-state index contributed by atoms with van der Waals surface area (Å²) >= 11 is 0. The Hall–Kier alpha value is -2.57. The number of imidazole rings is 1. The number of hydrogen-bond acceptors (Lipinski definition) is 4. The third kappa shape index (κ3) is 4.64. The zero-order chi connectivity index (χ0) is 20.5. The molecule has 1 aliphatic heterocycles. The van der Waals surface area contributed by atoms with Crippen molar-refractivity contribution < 1.29 is 14.3 Å². The molecular weight excluding hydrogens is 356 g/mol. The molecular formula is C21H30N4O3. The fourth-order valence-corrected chi connectivity index (χ4v) is 3.59. The molecule has 7 nitrogen and oxygen atoms in total. The highest BCUT2D eigenvalue weighted by atomic mass is 16.6. The van der Waals surface area contributed by atoms with Gasteiger partial charge in [0.25, 0.3) is 5.91 Å². The first-order chi connectivity index (χ1) is 13.1. The van der Waals surface area contributed by atoms with Crippen molar-refractivity contribution >= 4 is 23.0 Å². The van der Waals surface area contributed by atoms with E-state index in [0.717, 1.165) is 36.2 Å². The van der Waals surface area contributed by atoms with Gasteiger partial charge in [-0.1, -0.05) is 0 Å². The lowest BCUT2D eigenvalue weighted by Gasteiger charge is -2.33. The third-order valence-corrected chi connectivity index (χ3v) is 5.09. The van der Waals surface area contributed by atoms with E-state index in [1.54, 1.807) is 0 Å². The summed E-state index contributed by atoms with van der Waals surface area (Å²) in [5, 5.41) is 2.83. The van der Waals surface area contributed by atoms with Gasteiger partial charge in [0.1, 0.15) is 11.4 Å². The quantitative estimate of drug-likeness (QED) is 0.878. The van der Waals surface area contributed by atoms with Crippen LogP contribution < -0.4 is 5.32 Å². The molecule has 0 saturated carbocycles. The van der Waals surface area contributed by atoms with Gasteiger partial charge in [0.2, 0.25) is 0 Å². The van der Waals surface area contributed by atoms with Crippen molar-refractivity contribution in [2.45, 2.75) is 46.1 Å². The van der Waals surface area contributed by atoms with Gasteiger partial charge in [-0.05, 0) is 64.7 Å². The van der Waals surface area contributed by atoms with E-state index in [9.17, 15) is 9.59 Å². The molecule has 2 aromatic rings. The average molecular weight is 386 g/mol. The van der Waals surface area contributed by atoms with Gasteiger partial charge in [-0.15, -0.1) is 0 Å². The maximum atomic E-state index is 13.0. The van der Waals surface area contributed by atoms with Crippen LogP contribution in [0.3, 0.4) is 0 Å². The number of alkyl carbamates (subject to hydrolysis) is 1. The number of nitrogens with zero attached hydrogens (tertiary/aromatic N) is 3. The highest BCUT2D eigenvalue weighted by Crippen LogP contribution is 2.21. The zero-order valence-electron chi connectivity index (χ0n) is 17.4. The number of piperidine rings is 1. The van der Waals surface area contributed by atoms with Crippen LogP contribution in [-0.2, 0) is 11.8 Å². The second-order valence-corrected chi connectivity index (χ2v) is 8.56. The number of nitrogens with one attached hydrogen (secondary N) is 1. The fourth-order valence-electron chi connectivity index (χ4n) is 3.59. The van der Waals surface area contributed by atoms with E-state index in [1.165, 1.54) is 0 Å². The Kier molecular flexibility index (Phi) is 5.63. The van der Waals surface area contributed by atoms with Gasteiger partial charge in [-0.25, -0.2) is 9.78 Å². The van der Waals surface area contributed by atoms with Crippen molar-refractivity contribution in [3.63, 3.8) is 0 Å². The number of carbonyl (C=O) groups excluding carboxylic acids is 2. The summed E-state index contributed by atoms with van der Waals surface area (Å²) in [5.41, 5.74) is 2.01. The molecule has 1 atom stereocenters. The number of amides is 2. The van der Waals surface area contributed by atoms with Crippen LogP contribution in [0.5, 0.6) is 0 Å². The molecule has 0 aliphatic carbocycles. The topological polar surface area (TPSA) is 76.5 Å². The number of aryl methyl sites for hydroxylation is 2. The van der Waals surface area contributed by atoms with Crippen molar-refractivity contribution in [3.8, 4) is 0 Å². The van der Waals surface area contributed by atoms with Gasteiger partial charge in [0, 0.05) is 32.2 Å². The van der Waals surface area contributed by atoms with Crippen molar-refractivity contribution in [3.05, 3.63) is 29.6 Å². The molecule has 7 heteroatoms. The van der Waals surface area contributed by atoms with Crippen molar-refractivity contribution in [2.75, 3.05) is 19.6 Å². The van der Waals surface area contributed by atoms with Crippen molar-refractivity contribution in [1.82, 2.24) is 19.8 Å². The molecule has 1 N–H and O–H groups in total. The molecule has 1 unspecified atom stereocenters. The van der Waals surface area contributed by atoms with Gasteiger partial charge in [0.05, 0.1) is 11.0 Å². The number of fused-ring (bicyclic) bond motifs is 1. The summed E-state index contributed by atoms with van der Waals surface area (Å²) in [4.78, 5) is 31.3. The first kappa shape index (κ1) is 20.2. The normalized spacial score (nSPS) is 17.6. The van der Waals surface area contributed by atoms with E-state index in [1.807, 2.05) is 62.4 Å². The largest absolute Gasteiger partial charge is 0.444 e. The molecule has 0 radical (unpaired) electrons. The number of likely N-dealkylation sites (tertiary alicyclic amines) is 1. The lowest BCUT2D eigenvalue weighted by Crippen LogP contribution is -2.44. The summed E-state index contributed by atoms with van der Waals surface area (Å²) in [6.07, 6.45) is 1.50. The molecule has 2 amide bonds. The molecule has 0 bridgehead atoms. The summed E-state index contributed by atoms with van der Waals surface area (Å²) in [7, 11) is 1.97. The van der Waals surface area contributed by atoms with Crippen molar-refractivity contribution in [1.29, 1.82) is 0 Å². The molecule has 1 aliphatic rings. The zero-order valence-corrected chi connectivity index (χ0v) is 17.4. The number of carbonyl (C=O) groups is 2. The molecule has 2 heterocycles. The molecule has 3 rings (SSSR count). The van der Waals surface area contributed by atoms with Crippen LogP contribution in [0.25, 0.3) is 11.0 Å². The Morgan fingerprint density at radius 1 is 1.32 bits per heavy atom. The molecule has 1 aromatic carbocycles. The van der Waals surface area contributed by atoms with Crippen molar-refractivity contribution in [2.24, 2.45) is 13.0 Å². The predicted octanol–water partition coefficient (Wildman–Crippen LogP) is 3.26. The lowest BCUT2D eigenvalue weighted by molar-refractivity contribution is 0.0502. The molecule has 152 valence electrons. The smallest absolute Gasteiger partial charge is 0.407 e. The van der Waals surface area contributed by atoms with Gasteiger partial charge in [0.15, 0.2) is 0 Å². The predicted molar refractivity (Wildman–Crippen MR) is 108 cm³/mol. The third-order valence-electron chi connectivity index (χ3n) is 5.09. The van der Waals surface area contributed by atoms with E-state index in [4.69, 9.17) is 4.74 Å². The van der Waals surface area contributed by atoms with Gasteiger partial charge < -0.3 is 19.5 Å². The minimum absolute atomic E-state index is 0.0205. The SMILES string of the molecule is Cc1nc2cc(C(=O)N3CCCC(CNC(=O)OC(C)(C)C)C3)ccc2n1C. The van der Waals surface area contributed by atoms with Crippen LogP contribution in [0.1, 0.15) is 49.8 Å². The van der Waals surface area contributed by atoms with Crippen LogP contribution in [0.2, 0.25) is 0 Å².